The molecule has 0 aliphatic rings. The van der Waals surface area contributed by atoms with Crippen LogP contribution in [0.4, 0.5) is 5.69 Å². The molecule has 0 aromatic heterocycles. The molecular weight excluding hydrogens is 256 g/mol. The first-order valence-electron chi connectivity index (χ1n) is 6.60. The van der Waals surface area contributed by atoms with Gasteiger partial charge in [-0.1, -0.05) is 12.1 Å². The zero-order valence-electron chi connectivity index (χ0n) is 11.6. The van der Waals surface area contributed by atoms with E-state index in [1.807, 2.05) is 12.1 Å². The molecule has 0 aliphatic carbocycles. The van der Waals surface area contributed by atoms with E-state index < -0.39 is 0 Å². The molecule has 0 bridgehead atoms. The number of carbonyl (C=O) groups is 2. The highest BCUT2D eigenvalue weighted by atomic mass is 16.5. The third-order valence-corrected chi connectivity index (χ3v) is 2.50. The van der Waals surface area contributed by atoms with Crippen molar-refractivity contribution in [2.45, 2.75) is 19.8 Å². The van der Waals surface area contributed by atoms with Crippen LogP contribution in [0.1, 0.15) is 25.3 Å². The second kappa shape index (κ2) is 8.87. The van der Waals surface area contributed by atoms with E-state index >= 15 is 0 Å². The van der Waals surface area contributed by atoms with Gasteiger partial charge in [-0.15, -0.1) is 0 Å². The molecule has 1 amide bonds. The zero-order valence-corrected chi connectivity index (χ0v) is 11.6. The summed E-state index contributed by atoms with van der Waals surface area (Å²) >= 11 is 0. The van der Waals surface area contributed by atoms with Crippen molar-refractivity contribution in [1.82, 2.24) is 0 Å². The highest BCUT2D eigenvalue weighted by Crippen LogP contribution is 2.11. The molecule has 0 unspecified atom stereocenters. The van der Waals surface area contributed by atoms with Gasteiger partial charge in [0.25, 0.3) is 0 Å². The van der Waals surface area contributed by atoms with Gasteiger partial charge in [0.2, 0.25) is 5.91 Å². The molecule has 0 atom stereocenters. The monoisotopic (exact) mass is 276 g/mol. The molecule has 0 fully saturated rings. The van der Waals surface area contributed by atoms with Crippen molar-refractivity contribution in [2.24, 2.45) is 5.73 Å². The Balaban J connectivity index is 2.51. The van der Waals surface area contributed by atoms with E-state index in [9.17, 15) is 9.59 Å². The quantitative estimate of drug-likeness (QED) is 0.589. The third kappa shape index (κ3) is 6.15. The number of ether oxygens (including phenoxy) is 1. The molecule has 1 aromatic rings. The van der Waals surface area contributed by atoms with Crippen LogP contribution >= 0.6 is 0 Å². The summed E-state index contributed by atoms with van der Waals surface area (Å²) in [7, 11) is 0. The van der Waals surface area contributed by atoms with Gasteiger partial charge in [-0.2, -0.15) is 0 Å². The summed E-state index contributed by atoms with van der Waals surface area (Å²) in [6, 6.07) is 7.19. The van der Waals surface area contributed by atoms with E-state index in [1.165, 1.54) is 6.08 Å². The van der Waals surface area contributed by atoms with Gasteiger partial charge in [0.15, 0.2) is 0 Å². The van der Waals surface area contributed by atoms with E-state index in [-0.39, 0.29) is 11.9 Å². The smallest absolute Gasteiger partial charge is 0.330 e. The molecule has 0 radical (unpaired) electrons. The van der Waals surface area contributed by atoms with Crippen molar-refractivity contribution in [2.75, 3.05) is 18.5 Å². The van der Waals surface area contributed by atoms with Crippen LogP contribution in [-0.4, -0.2) is 25.0 Å². The van der Waals surface area contributed by atoms with E-state index in [4.69, 9.17) is 10.5 Å². The number of benzene rings is 1. The number of anilines is 1. The van der Waals surface area contributed by atoms with E-state index in [0.717, 1.165) is 11.3 Å². The molecule has 0 saturated heterocycles. The van der Waals surface area contributed by atoms with Crippen LogP contribution < -0.4 is 11.1 Å². The van der Waals surface area contributed by atoms with Crippen molar-refractivity contribution < 1.29 is 14.3 Å². The fourth-order valence-electron chi connectivity index (χ4n) is 1.52. The minimum atomic E-state index is -0.369. The van der Waals surface area contributed by atoms with Gasteiger partial charge in [-0.3, -0.25) is 4.79 Å². The maximum atomic E-state index is 11.5. The molecule has 1 rings (SSSR count). The standard InChI is InChI=1S/C15H20N2O3/c1-2-20-15(19)10-7-12-5-8-13(9-6-12)17-14(18)4-3-11-16/h5-10H,2-4,11,16H2,1H3,(H,17,18)/b10-7+. The average molecular weight is 276 g/mol. The van der Waals surface area contributed by atoms with E-state index in [1.54, 1.807) is 25.1 Å². The van der Waals surface area contributed by atoms with E-state index in [2.05, 4.69) is 5.32 Å². The van der Waals surface area contributed by atoms with Crippen LogP contribution in [0.5, 0.6) is 0 Å². The third-order valence-electron chi connectivity index (χ3n) is 2.50. The number of rotatable bonds is 7. The second-order valence-corrected chi connectivity index (χ2v) is 4.15. The Morgan fingerprint density at radius 1 is 1.30 bits per heavy atom. The summed E-state index contributed by atoms with van der Waals surface area (Å²) in [5, 5.41) is 2.78. The first kappa shape index (κ1) is 15.9. The Morgan fingerprint density at radius 2 is 2.00 bits per heavy atom. The number of esters is 1. The molecule has 0 saturated carbocycles. The molecule has 20 heavy (non-hydrogen) atoms. The van der Waals surface area contributed by atoms with Crippen LogP contribution in [0.25, 0.3) is 6.08 Å². The highest BCUT2D eigenvalue weighted by molar-refractivity contribution is 5.91. The van der Waals surface area contributed by atoms with Gasteiger partial charge in [0.1, 0.15) is 0 Å². The molecule has 1 aromatic carbocycles. The predicted molar refractivity (Wildman–Crippen MR) is 79.0 cm³/mol. The topological polar surface area (TPSA) is 81.4 Å². The lowest BCUT2D eigenvalue weighted by Gasteiger charge is -2.04. The summed E-state index contributed by atoms with van der Waals surface area (Å²) in [6.07, 6.45) is 4.13. The SMILES string of the molecule is CCOC(=O)/C=C/c1ccc(NC(=O)CCCN)cc1. The zero-order chi connectivity index (χ0) is 14.8. The average Bonchev–Trinajstić information content (AvgIpc) is 2.45. The Hall–Kier alpha value is -2.14. The molecule has 0 heterocycles. The second-order valence-electron chi connectivity index (χ2n) is 4.15. The maximum Gasteiger partial charge on any atom is 0.330 e. The Bertz CT molecular complexity index is 467. The highest BCUT2D eigenvalue weighted by Gasteiger charge is 2.01. The van der Waals surface area contributed by atoms with Crippen LogP contribution in [0.2, 0.25) is 0 Å². The predicted octanol–water partition coefficient (Wildman–Crippen LogP) is 1.94. The van der Waals surface area contributed by atoms with Crippen molar-refractivity contribution in [1.29, 1.82) is 0 Å². The van der Waals surface area contributed by atoms with Gasteiger partial charge < -0.3 is 15.8 Å². The summed E-state index contributed by atoms with van der Waals surface area (Å²) in [6.45, 7) is 2.62. The molecule has 3 N–H and O–H groups in total. The van der Waals surface area contributed by atoms with Crippen LogP contribution in [-0.2, 0) is 14.3 Å². The lowest BCUT2D eigenvalue weighted by atomic mass is 10.2. The van der Waals surface area contributed by atoms with Crippen molar-refractivity contribution in [3.05, 3.63) is 35.9 Å². The van der Waals surface area contributed by atoms with E-state index in [0.29, 0.717) is 26.0 Å². The Morgan fingerprint density at radius 3 is 2.60 bits per heavy atom. The van der Waals surface area contributed by atoms with Gasteiger partial charge in [0.05, 0.1) is 6.61 Å². The van der Waals surface area contributed by atoms with Crippen molar-refractivity contribution >= 4 is 23.6 Å². The summed E-state index contributed by atoms with van der Waals surface area (Å²) in [4.78, 5) is 22.7. The normalized spacial score (nSPS) is 10.5. The lowest BCUT2D eigenvalue weighted by molar-refractivity contribution is -0.137. The number of hydrogen-bond donors (Lipinski definition) is 2. The fraction of sp³-hybridized carbons (Fsp3) is 0.333. The van der Waals surface area contributed by atoms with Gasteiger partial charge in [0, 0.05) is 18.2 Å². The number of amides is 1. The van der Waals surface area contributed by atoms with Gasteiger partial charge in [-0.05, 0) is 43.7 Å². The number of hydrogen-bond acceptors (Lipinski definition) is 4. The van der Waals surface area contributed by atoms with Gasteiger partial charge >= 0.3 is 5.97 Å². The molecule has 5 nitrogen and oxygen atoms in total. The minimum Gasteiger partial charge on any atom is -0.463 e. The number of nitrogens with two attached hydrogens (primary N) is 1. The minimum absolute atomic E-state index is 0.0507. The number of nitrogens with one attached hydrogen (secondary N) is 1. The first-order chi connectivity index (χ1) is 9.65. The summed E-state index contributed by atoms with van der Waals surface area (Å²) in [5.41, 5.74) is 6.93. The molecule has 0 spiro atoms. The fourth-order valence-corrected chi connectivity index (χ4v) is 1.52. The van der Waals surface area contributed by atoms with Crippen molar-refractivity contribution in [3.8, 4) is 0 Å². The summed E-state index contributed by atoms with van der Waals surface area (Å²) in [5.74, 6) is -0.420. The first-order valence-corrected chi connectivity index (χ1v) is 6.60. The summed E-state index contributed by atoms with van der Waals surface area (Å²) < 4.78 is 4.78. The molecular formula is C15H20N2O3. The molecule has 108 valence electrons. The largest absolute Gasteiger partial charge is 0.463 e. The van der Waals surface area contributed by atoms with Gasteiger partial charge in [-0.25, -0.2) is 4.79 Å². The lowest BCUT2D eigenvalue weighted by Crippen LogP contribution is -2.13. The Labute approximate surface area is 118 Å². The maximum absolute atomic E-state index is 11.5. The Kier molecular flexibility index (Phi) is 7.06. The van der Waals surface area contributed by atoms with Crippen LogP contribution in [0.15, 0.2) is 30.3 Å². The number of carbonyl (C=O) groups excluding carboxylic acids is 2. The van der Waals surface area contributed by atoms with Crippen LogP contribution in [0.3, 0.4) is 0 Å². The van der Waals surface area contributed by atoms with Crippen LogP contribution in [0, 0.1) is 0 Å². The molecule has 0 aliphatic heterocycles. The van der Waals surface area contributed by atoms with Crippen molar-refractivity contribution in [3.63, 3.8) is 0 Å². The molecule has 5 heteroatoms.